The first-order valence-electron chi connectivity index (χ1n) is 5.44. The van der Waals surface area contributed by atoms with E-state index in [1.165, 1.54) is 12.3 Å². The van der Waals surface area contributed by atoms with Crippen LogP contribution in [0.15, 0.2) is 25.0 Å². The van der Waals surface area contributed by atoms with Crippen molar-refractivity contribution in [3.63, 3.8) is 0 Å². The molecule has 0 spiro atoms. The van der Waals surface area contributed by atoms with Crippen LogP contribution in [0.25, 0.3) is 0 Å². The molecule has 0 heterocycles. The molecule has 0 bridgehead atoms. The minimum absolute atomic E-state index is 0.263. The lowest BCUT2D eigenvalue weighted by Gasteiger charge is -2.02. The molecule has 0 aliphatic heterocycles. The lowest BCUT2D eigenvalue weighted by Crippen LogP contribution is -2.04. The highest BCUT2D eigenvalue weighted by molar-refractivity contribution is 5.81. The van der Waals surface area contributed by atoms with E-state index in [0.29, 0.717) is 19.6 Å². The highest BCUT2D eigenvalue weighted by Crippen LogP contribution is 1.89. The van der Waals surface area contributed by atoms with Crippen LogP contribution >= 0.6 is 0 Å². The van der Waals surface area contributed by atoms with Gasteiger partial charge in [-0.2, -0.15) is 0 Å². The molecule has 96 valence electrons. The zero-order valence-corrected chi connectivity index (χ0v) is 10.0. The van der Waals surface area contributed by atoms with E-state index in [1.54, 1.807) is 0 Å². The molecule has 0 aliphatic carbocycles. The molecule has 0 aromatic heterocycles. The molecule has 0 fully saturated rings. The Morgan fingerprint density at radius 3 is 2.47 bits per heavy atom. The monoisotopic (exact) mass is 242 g/mol. The quantitative estimate of drug-likeness (QED) is 0.266. The van der Waals surface area contributed by atoms with Crippen LogP contribution in [-0.4, -0.2) is 31.8 Å². The number of rotatable bonds is 9. The van der Waals surface area contributed by atoms with Gasteiger partial charge in [-0.15, -0.1) is 0 Å². The molecule has 0 saturated heterocycles. The topological polar surface area (TPSA) is 61.8 Å². The average molecular weight is 242 g/mol. The summed E-state index contributed by atoms with van der Waals surface area (Å²) in [5, 5.41) is 0. The summed E-state index contributed by atoms with van der Waals surface area (Å²) in [5.74, 6) is -0.881. The fourth-order valence-electron chi connectivity index (χ4n) is 0.796. The Morgan fingerprint density at radius 2 is 1.82 bits per heavy atom. The maximum atomic E-state index is 10.9. The highest BCUT2D eigenvalue weighted by Gasteiger charge is 1.96. The standard InChI is InChI=1S/C12H18O5/c1-3-7-16-12(14)6-10-15-8-5-9-17-11(13)4-2/h4,6,10H,2-3,5,7-9H2,1H3. The minimum Gasteiger partial charge on any atom is -0.501 e. The van der Waals surface area contributed by atoms with E-state index >= 15 is 0 Å². The van der Waals surface area contributed by atoms with Crippen LogP contribution in [0.2, 0.25) is 0 Å². The summed E-state index contributed by atoms with van der Waals surface area (Å²) in [6.07, 6.45) is 4.92. The second kappa shape index (κ2) is 10.7. The van der Waals surface area contributed by atoms with Crippen LogP contribution in [0.4, 0.5) is 0 Å². The smallest absolute Gasteiger partial charge is 0.333 e. The first kappa shape index (κ1) is 15.2. The summed E-state index contributed by atoms with van der Waals surface area (Å²) in [5.41, 5.74) is 0. The molecule has 0 radical (unpaired) electrons. The molecule has 0 aromatic carbocycles. The Bertz CT molecular complexity index is 270. The molecule has 17 heavy (non-hydrogen) atoms. The Kier molecular flexibility index (Phi) is 9.61. The number of ether oxygens (including phenoxy) is 3. The van der Waals surface area contributed by atoms with E-state index in [2.05, 4.69) is 6.58 Å². The Labute approximate surface area is 101 Å². The second-order valence-corrected chi connectivity index (χ2v) is 3.07. The summed E-state index contributed by atoms with van der Waals surface area (Å²) in [6, 6.07) is 0. The largest absolute Gasteiger partial charge is 0.501 e. The highest BCUT2D eigenvalue weighted by atomic mass is 16.5. The second-order valence-electron chi connectivity index (χ2n) is 3.07. The van der Waals surface area contributed by atoms with Crippen molar-refractivity contribution < 1.29 is 23.8 Å². The van der Waals surface area contributed by atoms with Crippen LogP contribution in [0, 0.1) is 0 Å². The Morgan fingerprint density at radius 1 is 1.12 bits per heavy atom. The lowest BCUT2D eigenvalue weighted by molar-refractivity contribution is -0.138. The number of hydrogen-bond donors (Lipinski definition) is 0. The molecule has 0 aromatic rings. The van der Waals surface area contributed by atoms with Gasteiger partial charge in [0.05, 0.1) is 32.2 Å². The number of hydrogen-bond acceptors (Lipinski definition) is 5. The van der Waals surface area contributed by atoms with Crippen molar-refractivity contribution in [3.05, 3.63) is 25.0 Å². The molecule has 5 heteroatoms. The van der Waals surface area contributed by atoms with Crippen molar-refractivity contribution in [2.24, 2.45) is 0 Å². The van der Waals surface area contributed by atoms with Gasteiger partial charge in [0.2, 0.25) is 0 Å². The van der Waals surface area contributed by atoms with E-state index in [0.717, 1.165) is 12.5 Å². The number of carbonyl (C=O) groups excluding carboxylic acids is 2. The van der Waals surface area contributed by atoms with Crippen LogP contribution in [0.5, 0.6) is 0 Å². The van der Waals surface area contributed by atoms with Crippen LogP contribution in [0.1, 0.15) is 19.8 Å². The van der Waals surface area contributed by atoms with Crippen molar-refractivity contribution in [2.75, 3.05) is 19.8 Å². The summed E-state index contributed by atoms with van der Waals surface area (Å²) in [4.78, 5) is 21.6. The molecule has 0 rings (SSSR count). The first-order valence-corrected chi connectivity index (χ1v) is 5.44. The maximum Gasteiger partial charge on any atom is 0.333 e. The van der Waals surface area contributed by atoms with Crippen LogP contribution in [-0.2, 0) is 23.8 Å². The van der Waals surface area contributed by atoms with Crippen LogP contribution < -0.4 is 0 Å². The Balaban J connectivity index is 3.38. The molecule has 0 N–H and O–H groups in total. The molecule has 0 amide bonds. The van der Waals surface area contributed by atoms with Crippen LogP contribution in [0.3, 0.4) is 0 Å². The predicted octanol–water partition coefficient (Wildman–Crippen LogP) is 1.59. The van der Waals surface area contributed by atoms with E-state index in [4.69, 9.17) is 14.2 Å². The van der Waals surface area contributed by atoms with Gasteiger partial charge in [0, 0.05) is 12.5 Å². The van der Waals surface area contributed by atoms with E-state index in [1.807, 2.05) is 6.92 Å². The summed E-state index contributed by atoms with van der Waals surface area (Å²) < 4.78 is 14.5. The third kappa shape index (κ3) is 10.5. The van der Waals surface area contributed by atoms with Gasteiger partial charge in [-0.25, -0.2) is 9.59 Å². The molecule has 0 aliphatic rings. The van der Waals surface area contributed by atoms with Crippen molar-refractivity contribution in [3.8, 4) is 0 Å². The van der Waals surface area contributed by atoms with Crippen molar-refractivity contribution in [2.45, 2.75) is 19.8 Å². The molecular weight excluding hydrogens is 224 g/mol. The fourth-order valence-corrected chi connectivity index (χ4v) is 0.796. The minimum atomic E-state index is -0.455. The zero-order chi connectivity index (χ0) is 12.9. The number of esters is 2. The van der Waals surface area contributed by atoms with Gasteiger partial charge in [-0.1, -0.05) is 13.5 Å². The van der Waals surface area contributed by atoms with Gasteiger partial charge in [-0.05, 0) is 6.42 Å². The molecular formula is C12H18O5. The summed E-state index contributed by atoms with van der Waals surface area (Å²) in [6.45, 7) is 6.21. The average Bonchev–Trinajstić information content (AvgIpc) is 2.34. The van der Waals surface area contributed by atoms with Gasteiger partial charge in [0.25, 0.3) is 0 Å². The molecule has 0 saturated carbocycles. The van der Waals surface area contributed by atoms with E-state index in [-0.39, 0.29) is 6.61 Å². The van der Waals surface area contributed by atoms with Gasteiger partial charge in [0.15, 0.2) is 0 Å². The summed E-state index contributed by atoms with van der Waals surface area (Å²) >= 11 is 0. The SMILES string of the molecule is C=CC(=O)OCCCOC=CC(=O)OCCC. The van der Waals surface area contributed by atoms with E-state index in [9.17, 15) is 9.59 Å². The number of carbonyl (C=O) groups is 2. The Hall–Kier alpha value is -1.78. The molecule has 5 nitrogen and oxygen atoms in total. The van der Waals surface area contributed by atoms with Gasteiger partial charge >= 0.3 is 11.9 Å². The first-order chi connectivity index (χ1) is 8.20. The van der Waals surface area contributed by atoms with Crippen molar-refractivity contribution in [1.82, 2.24) is 0 Å². The van der Waals surface area contributed by atoms with Crippen molar-refractivity contribution >= 4 is 11.9 Å². The van der Waals surface area contributed by atoms with Gasteiger partial charge in [0.1, 0.15) is 0 Å². The van der Waals surface area contributed by atoms with Gasteiger partial charge < -0.3 is 14.2 Å². The summed E-state index contributed by atoms with van der Waals surface area (Å²) in [7, 11) is 0. The van der Waals surface area contributed by atoms with E-state index < -0.39 is 11.9 Å². The molecule has 0 atom stereocenters. The normalized spacial score (nSPS) is 9.94. The molecule has 0 unspecified atom stereocenters. The fraction of sp³-hybridized carbons (Fsp3) is 0.500. The zero-order valence-electron chi connectivity index (χ0n) is 10.0. The maximum absolute atomic E-state index is 10.9. The van der Waals surface area contributed by atoms with Crippen molar-refractivity contribution in [1.29, 1.82) is 0 Å². The predicted molar refractivity (Wildman–Crippen MR) is 62.1 cm³/mol. The third-order valence-corrected chi connectivity index (χ3v) is 1.57. The van der Waals surface area contributed by atoms with Gasteiger partial charge in [-0.3, -0.25) is 0 Å². The lowest BCUT2D eigenvalue weighted by atomic mass is 10.5. The third-order valence-electron chi connectivity index (χ3n) is 1.57.